The van der Waals surface area contributed by atoms with Gasteiger partial charge in [0.2, 0.25) is 0 Å². The van der Waals surface area contributed by atoms with Crippen molar-refractivity contribution in [1.82, 2.24) is 24.2 Å². The second-order valence-electron chi connectivity index (χ2n) is 12.8. The third kappa shape index (κ3) is 7.57. The minimum atomic E-state index is -0.199. The van der Waals surface area contributed by atoms with Crippen molar-refractivity contribution in [1.29, 1.82) is 0 Å². The first kappa shape index (κ1) is 31.3. The number of rotatable bonds is 10. The normalized spacial score (nSPS) is 16.8. The smallest absolute Gasteiger partial charge is 0.253 e. The van der Waals surface area contributed by atoms with Gasteiger partial charge in [-0.3, -0.25) is 9.69 Å². The van der Waals surface area contributed by atoms with E-state index in [9.17, 15) is 9.18 Å². The molecule has 238 valence electrons. The summed E-state index contributed by atoms with van der Waals surface area (Å²) < 4.78 is 15.6. The Labute approximate surface area is 267 Å². The molecule has 2 aliphatic rings. The van der Waals surface area contributed by atoms with Crippen LogP contribution in [0.4, 0.5) is 15.8 Å². The SMILES string of the molecule is Cc1c(C)n(CCCN2CCN(C)CC2)c2ccc(Nc3ccc(C(=O)N4CCN(CCc5ccc(F)cc5)CC4)cc3)cc12. The Bertz CT molecular complexity index is 1580. The number of hydrogen-bond donors (Lipinski definition) is 1. The molecule has 1 amide bonds. The Morgan fingerprint density at radius 2 is 1.40 bits per heavy atom. The summed E-state index contributed by atoms with van der Waals surface area (Å²) in [5.41, 5.74) is 7.86. The molecular formula is C37H47FN6O. The monoisotopic (exact) mass is 610 g/mol. The van der Waals surface area contributed by atoms with Crippen molar-refractivity contribution >= 4 is 28.2 Å². The summed E-state index contributed by atoms with van der Waals surface area (Å²) in [4.78, 5) is 22.6. The van der Waals surface area contributed by atoms with Gasteiger partial charge in [0, 0.05) is 99.0 Å². The molecule has 0 spiro atoms. The zero-order valence-corrected chi connectivity index (χ0v) is 27.1. The molecule has 1 aromatic heterocycles. The van der Waals surface area contributed by atoms with Crippen molar-refractivity contribution in [2.45, 2.75) is 33.2 Å². The number of nitrogens with one attached hydrogen (secondary N) is 1. The van der Waals surface area contributed by atoms with E-state index in [0.29, 0.717) is 0 Å². The fourth-order valence-corrected chi connectivity index (χ4v) is 6.70. The molecule has 4 aromatic rings. The van der Waals surface area contributed by atoms with Gasteiger partial charge in [-0.15, -0.1) is 0 Å². The highest BCUT2D eigenvalue weighted by Crippen LogP contribution is 2.30. The van der Waals surface area contributed by atoms with Crippen LogP contribution in [0.15, 0.2) is 66.7 Å². The molecule has 0 radical (unpaired) electrons. The molecule has 0 aliphatic carbocycles. The number of piperazine rings is 2. The fraction of sp³-hybridized carbons (Fsp3) is 0.432. The molecule has 2 saturated heterocycles. The van der Waals surface area contributed by atoms with E-state index in [1.54, 1.807) is 0 Å². The number of nitrogens with zero attached hydrogens (tertiary/aromatic N) is 5. The van der Waals surface area contributed by atoms with Crippen LogP contribution in [0.25, 0.3) is 10.9 Å². The maximum absolute atomic E-state index is 13.2. The molecule has 1 N–H and O–H groups in total. The maximum atomic E-state index is 13.2. The van der Waals surface area contributed by atoms with Crippen molar-refractivity contribution in [2.75, 3.05) is 77.8 Å². The lowest BCUT2D eigenvalue weighted by Gasteiger charge is -2.34. The molecular weight excluding hydrogens is 563 g/mol. The van der Waals surface area contributed by atoms with Gasteiger partial charge in [0.1, 0.15) is 5.82 Å². The van der Waals surface area contributed by atoms with Crippen LogP contribution in [0.2, 0.25) is 0 Å². The summed E-state index contributed by atoms with van der Waals surface area (Å²) in [6.45, 7) is 15.4. The summed E-state index contributed by atoms with van der Waals surface area (Å²) in [5, 5.41) is 4.84. The van der Waals surface area contributed by atoms with E-state index in [0.717, 1.165) is 81.2 Å². The first-order valence-electron chi connectivity index (χ1n) is 16.5. The predicted octanol–water partition coefficient (Wildman–Crippen LogP) is 5.78. The highest BCUT2D eigenvalue weighted by molar-refractivity contribution is 5.95. The van der Waals surface area contributed by atoms with E-state index in [2.05, 4.69) is 63.7 Å². The standard InChI is InChI=1S/C37H47FN6O/c1-28-29(2)44(17-4-16-41-21-19-40(3)20-22-41)36-14-13-34(27-35(28)36)39-33-11-7-31(8-12-33)37(45)43-25-23-42(24-26-43)18-15-30-5-9-32(38)10-6-30/h5-14,27,39H,4,15-26H2,1-3H3. The molecule has 0 saturated carbocycles. The lowest BCUT2D eigenvalue weighted by Crippen LogP contribution is -2.49. The summed E-state index contributed by atoms with van der Waals surface area (Å²) in [6, 6.07) is 21.2. The van der Waals surface area contributed by atoms with Crippen LogP contribution in [0.1, 0.15) is 33.6 Å². The number of benzene rings is 3. The molecule has 0 bridgehead atoms. The third-order valence-electron chi connectivity index (χ3n) is 9.80. The Balaban J connectivity index is 1.01. The molecule has 3 aromatic carbocycles. The maximum Gasteiger partial charge on any atom is 0.253 e. The van der Waals surface area contributed by atoms with Gasteiger partial charge in [-0.2, -0.15) is 0 Å². The average Bonchev–Trinajstić information content (AvgIpc) is 3.30. The number of carbonyl (C=O) groups is 1. The average molecular weight is 611 g/mol. The molecule has 6 rings (SSSR count). The Morgan fingerprint density at radius 1 is 0.756 bits per heavy atom. The third-order valence-corrected chi connectivity index (χ3v) is 9.80. The van der Waals surface area contributed by atoms with Crippen LogP contribution in [0, 0.1) is 19.7 Å². The van der Waals surface area contributed by atoms with Gasteiger partial charge in [-0.25, -0.2) is 4.39 Å². The van der Waals surface area contributed by atoms with Gasteiger partial charge >= 0.3 is 0 Å². The van der Waals surface area contributed by atoms with Gasteiger partial charge in [0.25, 0.3) is 5.91 Å². The molecule has 0 unspecified atom stereocenters. The Kier molecular flexibility index (Phi) is 9.83. The largest absolute Gasteiger partial charge is 0.356 e. The van der Waals surface area contributed by atoms with Gasteiger partial charge in [0.05, 0.1) is 0 Å². The summed E-state index contributed by atoms with van der Waals surface area (Å²) in [5.74, 6) is -0.115. The van der Waals surface area contributed by atoms with Crippen molar-refractivity contribution in [3.63, 3.8) is 0 Å². The van der Waals surface area contributed by atoms with Crippen molar-refractivity contribution in [3.8, 4) is 0 Å². The number of aryl methyl sites for hydroxylation is 2. The lowest BCUT2D eigenvalue weighted by atomic mass is 10.1. The van der Waals surface area contributed by atoms with Crippen LogP contribution < -0.4 is 5.32 Å². The molecule has 2 aliphatic heterocycles. The number of anilines is 2. The Hall–Kier alpha value is -3.72. The zero-order valence-electron chi connectivity index (χ0n) is 27.1. The van der Waals surface area contributed by atoms with Crippen molar-refractivity contribution in [2.24, 2.45) is 0 Å². The van der Waals surface area contributed by atoms with Crippen LogP contribution >= 0.6 is 0 Å². The first-order valence-corrected chi connectivity index (χ1v) is 16.5. The number of fused-ring (bicyclic) bond motifs is 1. The summed E-state index contributed by atoms with van der Waals surface area (Å²) in [6.07, 6.45) is 2.05. The van der Waals surface area contributed by atoms with Crippen LogP contribution in [0.5, 0.6) is 0 Å². The number of aromatic nitrogens is 1. The second-order valence-corrected chi connectivity index (χ2v) is 12.8. The summed E-state index contributed by atoms with van der Waals surface area (Å²) in [7, 11) is 2.21. The topological polar surface area (TPSA) is 47.0 Å². The highest BCUT2D eigenvalue weighted by Gasteiger charge is 2.22. The fourth-order valence-electron chi connectivity index (χ4n) is 6.70. The number of amides is 1. The number of carbonyl (C=O) groups excluding carboxylic acids is 1. The molecule has 7 nitrogen and oxygen atoms in total. The quantitative estimate of drug-likeness (QED) is 0.247. The molecule has 2 fully saturated rings. The number of likely N-dealkylation sites (N-methyl/N-ethyl adjacent to an activating group) is 1. The van der Waals surface area contributed by atoms with Crippen LogP contribution in [0.3, 0.4) is 0 Å². The minimum absolute atomic E-state index is 0.0845. The molecule has 45 heavy (non-hydrogen) atoms. The van der Waals surface area contributed by atoms with E-state index in [1.165, 1.54) is 60.5 Å². The number of halogens is 1. The Morgan fingerprint density at radius 3 is 2.11 bits per heavy atom. The second kappa shape index (κ2) is 14.1. The van der Waals surface area contributed by atoms with Gasteiger partial charge in [-0.05, 0) is 106 Å². The van der Waals surface area contributed by atoms with Crippen molar-refractivity contribution in [3.05, 3.63) is 94.9 Å². The van der Waals surface area contributed by atoms with E-state index in [-0.39, 0.29) is 11.7 Å². The van der Waals surface area contributed by atoms with E-state index in [4.69, 9.17) is 0 Å². The zero-order chi connectivity index (χ0) is 31.3. The first-order chi connectivity index (χ1) is 21.8. The van der Waals surface area contributed by atoms with E-state index >= 15 is 0 Å². The predicted molar refractivity (Wildman–Crippen MR) is 182 cm³/mol. The van der Waals surface area contributed by atoms with Crippen molar-refractivity contribution < 1.29 is 9.18 Å². The van der Waals surface area contributed by atoms with E-state index in [1.807, 2.05) is 41.3 Å². The van der Waals surface area contributed by atoms with E-state index < -0.39 is 0 Å². The van der Waals surface area contributed by atoms with Crippen LogP contribution in [-0.4, -0.2) is 103 Å². The minimum Gasteiger partial charge on any atom is -0.356 e. The molecule has 3 heterocycles. The lowest BCUT2D eigenvalue weighted by molar-refractivity contribution is 0.0638. The van der Waals surface area contributed by atoms with Gasteiger partial charge in [-0.1, -0.05) is 12.1 Å². The van der Waals surface area contributed by atoms with Gasteiger partial charge < -0.3 is 24.6 Å². The number of hydrogen-bond acceptors (Lipinski definition) is 5. The summed E-state index contributed by atoms with van der Waals surface area (Å²) >= 11 is 0. The molecule has 8 heteroatoms. The van der Waals surface area contributed by atoms with Gasteiger partial charge in [0.15, 0.2) is 0 Å². The highest BCUT2D eigenvalue weighted by atomic mass is 19.1. The van der Waals surface area contributed by atoms with Crippen LogP contribution in [-0.2, 0) is 13.0 Å². The molecule has 0 atom stereocenters.